The second-order valence-corrected chi connectivity index (χ2v) is 3.03. The van der Waals surface area contributed by atoms with Gasteiger partial charge in [-0.3, -0.25) is 0 Å². The van der Waals surface area contributed by atoms with Gasteiger partial charge in [0.15, 0.2) is 0 Å². The third-order valence-corrected chi connectivity index (χ3v) is 1.94. The van der Waals surface area contributed by atoms with Crippen molar-refractivity contribution in [1.29, 1.82) is 0 Å². The highest BCUT2D eigenvalue weighted by atomic mass is 16.7. The number of ether oxygens (including phenoxy) is 3. The summed E-state index contributed by atoms with van der Waals surface area (Å²) in [5.74, 6) is 0.536. The first-order valence-corrected chi connectivity index (χ1v) is 4.93. The summed E-state index contributed by atoms with van der Waals surface area (Å²) in [6, 6.07) is 1.75. The van der Waals surface area contributed by atoms with E-state index in [0.717, 1.165) is 0 Å². The molecule has 0 spiro atoms. The van der Waals surface area contributed by atoms with Gasteiger partial charge in [0.05, 0.1) is 6.61 Å². The average molecular weight is 227 g/mol. The molecule has 1 N–H and O–H groups in total. The first-order valence-electron chi connectivity index (χ1n) is 4.93. The van der Waals surface area contributed by atoms with Gasteiger partial charge in [0.25, 0.3) is 0 Å². The predicted octanol–water partition coefficient (Wildman–Crippen LogP) is 0.826. The summed E-state index contributed by atoms with van der Waals surface area (Å²) in [5, 5.41) is 3.03. The van der Waals surface area contributed by atoms with Gasteiger partial charge in [-0.1, -0.05) is 0 Å². The Hall–Kier alpha value is -1.24. The van der Waals surface area contributed by atoms with E-state index >= 15 is 0 Å². The molecular formula is C10H17N3O3. The van der Waals surface area contributed by atoms with Crippen molar-refractivity contribution in [2.45, 2.75) is 6.29 Å². The standard InChI is InChI=1S/C10H17N3O3/c1-14-7-6-12-10-11-5-4-8(13-10)9(15-2)16-3/h4-5,9H,6-7H2,1-3H3,(H,11,12,13). The smallest absolute Gasteiger partial charge is 0.223 e. The van der Waals surface area contributed by atoms with Gasteiger partial charge in [-0.2, -0.15) is 0 Å². The van der Waals surface area contributed by atoms with Gasteiger partial charge in [-0.05, 0) is 6.07 Å². The predicted molar refractivity (Wildman–Crippen MR) is 59.2 cm³/mol. The van der Waals surface area contributed by atoms with Gasteiger partial charge in [-0.25, -0.2) is 9.97 Å². The molecule has 0 amide bonds. The van der Waals surface area contributed by atoms with Crippen LogP contribution in [0.2, 0.25) is 0 Å². The second-order valence-electron chi connectivity index (χ2n) is 3.03. The number of nitrogens with zero attached hydrogens (tertiary/aromatic N) is 2. The molecular weight excluding hydrogens is 210 g/mol. The molecule has 90 valence electrons. The highest BCUT2D eigenvalue weighted by Crippen LogP contribution is 2.14. The van der Waals surface area contributed by atoms with Gasteiger partial charge in [-0.15, -0.1) is 0 Å². The molecule has 0 atom stereocenters. The van der Waals surface area contributed by atoms with E-state index in [1.807, 2.05) is 0 Å². The molecule has 6 nitrogen and oxygen atoms in total. The number of rotatable bonds is 7. The fourth-order valence-corrected chi connectivity index (χ4v) is 1.19. The Morgan fingerprint density at radius 1 is 1.31 bits per heavy atom. The zero-order valence-corrected chi connectivity index (χ0v) is 9.77. The van der Waals surface area contributed by atoms with Gasteiger partial charge < -0.3 is 19.5 Å². The van der Waals surface area contributed by atoms with Crippen molar-refractivity contribution in [2.75, 3.05) is 39.8 Å². The molecule has 0 bridgehead atoms. The summed E-state index contributed by atoms with van der Waals surface area (Å²) in [6.45, 7) is 1.26. The van der Waals surface area contributed by atoms with Crippen molar-refractivity contribution in [3.05, 3.63) is 18.0 Å². The Morgan fingerprint density at radius 3 is 2.69 bits per heavy atom. The number of hydrogen-bond donors (Lipinski definition) is 1. The molecule has 0 aliphatic carbocycles. The van der Waals surface area contributed by atoms with Crippen molar-refractivity contribution >= 4 is 5.95 Å². The Balaban J connectivity index is 2.62. The van der Waals surface area contributed by atoms with E-state index in [0.29, 0.717) is 24.8 Å². The minimum atomic E-state index is -0.467. The van der Waals surface area contributed by atoms with Crippen LogP contribution in [0.25, 0.3) is 0 Å². The zero-order chi connectivity index (χ0) is 11.8. The number of anilines is 1. The molecule has 0 aliphatic rings. The maximum absolute atomic E-state index is 5.10. The molecule has 0 saturated heterocycles. The summed E-state index contributed by atoms with van der Waals surface area (Å²) in [4.78, 5) is 8.33. The molecule has 0 aromatic carbocycles. The van der Waals surface area contributed by atoms with E-state index in [9.17, 15) is 0 Å². The number of hydrogen-bond acceptors (Lipinski definition) is 6. The Bertz CT molecular complexity index is 305. The molecule has 16 heavy (non-hydrogen) atoms. The summed E-state index contributed by atoms with van der Waals surface area (Å²) in [5.41, 5.74) is 0.680. The fraction of sp³-hybridized carbons (Fsp3) is 0.600. The lowest BCUT2D eigenvalue weighted by Gasteiger charge is -2.13. The van der Waals surface area contributed by atoms with E-state index in [2.05, 4.69) is 15.3 Å². The van der Waals surface area contributed by atoms with E-state index < -0.39 is 6.29 Å². The van der Waals surface area contributed by atoms with Gasteiger partial charge in [0.2, 0.25) is 12.2 Å². The summed E-state index contributed by atoms with van der Waals surface area (Å²) >= 11 is 0. The second kappa shape index (κ2) is 7.10. The molecule has 1 aromatic rings. The SMILES string of the molecule is COCCNc1nccc(C(OC)OC)n1. The van der Waals surface area contributed by atoms with Crippen molar-refractivity contribution < 1.29 is 14.2 Å². The lowest BCUT2D eigenvalue weighted by molar-refractivity contribution is -0.108. The van der Waals surface area contributed by atoms with Crippen LogP contribution in [0.5, 0.6) is 0 Å². The average Bonchev–Trinajstić information content (AvgIpc) is 2.32. The Morgan fingerprint density at radius 2 is 2.06 bits per heavy atom. The number of aromatic nitrogens is 2. The number of methoxy groups -OCH3 is 3. The number of nitrogens with one attached hydrogen (secondary N) is 1. The maximum atomic E-state index is 5.10. The largest absolute Gasteiger partial charge is 0.383 e. The quantitative estimate of drug-likeness (QED) is 0.549. The zero-order valence-electron chi connectivity index (χ0n) is 9.77. The Labute approximate surface area is 95.0 Å². The molecule has 0 radical (unpaired) electrons. The van der Waals surface area contributed by atoms with Crippen LogP contribution in [-0.4, -0.2) is 44.4 Å². The van der Waals surface area contributed by atoms with Crippen LogP contribution in [0.15, 0.2) is 12.3 Å². The first kappa shape index (κ1) is 12.8. The van der Waals surface area contributed by atoms with Gasteiger partial charge in [0, 0.05) is 34.1 Å². The van der Waals surface area contributed by atoms with Crippen LogP contribution < -0.4 is 5.32 Å². The van der Waals surface area contributed by atoms with Crippen molar-refractivity contribution in [2.24, 2.45) is 0 Å². The third kappa shape index (κ3) is 3.73. The highest BCUT2D eigenvalue weighted by Gasteiger charge is 2.11. The molecule has 0 fully saturated rings. The first-order chi connectivity index (χ1) is 7.81. The lowest BCUT2D eigenvalue weighted by atomic mass is 10.4. The minimum absolute atomic E-state index is 0.467. The normalized spacial score (nSPS) is 10.8. The Kier molecular flexibility index (Phi) is 5.69. The van der Waals surface area contributed by atoms with Crippen LogP contribution in [0.1, 0.15) is 12.0 Å². The van der Waals surface area contributed by atoms with Crippen molar-refractivity contribution in [3.8, 4) is 0 Å². The van der Waals surface area contributed by atoms with Crippen LogP contribution in [0.4, 0.5) is 5.95 Å². The summed E-state index contributed by atoms with van der Waals surface area (Å²) in [6.07, 6.45) is 1.19. The minimum Gasteiger partial charge on any atom is -0.383 e. The topological polar surface area (TPSA) is 65.5 Å². The highest BCUT2D eigenvalue weighted by molar-refractivity contribution is 5.25. The fourth-order valence-electron chi connectivity index (χ4n) is 1.19. The van der Waals surface area contributed by atoms with Crippen LogP contribution in [0, 0.1) is 0 Å². The van der Waals surface area contributed by atoms with E-state index in [1.165, 1.54) is 0 Å². The lowest BCUT2D eigenvalue weighted by Crippen LogP contribution is -2.12. The molecule has 0 aliphatic heterocycles. The monoisotopic (exact) mass is 227 g/mol. The van der Waals surface area contributed by atoms with Crippen LogP contribution in [-0.2, 0) is 14.2 Å². The van der Waals surface area contributed by atoms with Crippen LogP contribution in [0.3, 0.4) is 0 Å². The van der Waals surface area contributed by atoms with Crippen molar-refractivity contribution in [1.82, 2.24) is 9.97 Å². The third-order valence-electron chi connectivity index (χ3n) is 1.94. The summed E-state index contributed by atoms with van der Waals surface area (Å²) < 4.78 is 15.1. The van der Waals surface area contributed by atoms with E-state index in [-0.39, 0.29) is 0 Å². The van der Waals surface area contributed by atoms with E-state index in [4.69, 9.17) is 14.2 Å². The van der Waals surface area contributed by atoms with Crippen LogP contribution >= 0.6 is 0 Å². The molecule has 1 heterocycles. The van der Waals surface area contributed by atoms with Gasteiger partial charge >= 0.3 is 0 Å². The maximum Gasteiger partial charge on any atom is 0.223 e. The molecule has 1 aromatic heterocycles. The van der Waals surface area contributed by atoms with Crippen molar-refractivity contribution in [3.63, 3.8) is 0 Å². The summed E-state index contributed by atoms with van der Waals surface area (Å²) in [7, 11) is 4.77. The van der Waals surface area contributed by atoms with Gasteiger partial charge in [0.1, 0.15) is 5.69 Å². The van der Waals surface area contributed by atoms with E-state index in [1.54, 1.807) is 33.6 Å². The molecule has 0 saturated carbocycles. The molecule has 6 heteroatoms. The molecule has 0 unspecified atom stereocenters. The molecule has 1 rings (SSSR count).